The minimum atomic E-state index is -4.01. The Morgan fingerprint density at radius 3 is 2.34 bits per heavy atom. The zero-order valence-corrected chi connectivity index (χ0v) is 20.9. The van der Waals surface area contributed by atoms with Gasteiger partial charge in [0.15, 0.2) is 0 Å². The maximum absolute atomic E-state index is 13.6. The van der Waals surface area contributed by atoms with E-state index in [1.807, 2.05) is 25.1 Å². The number of nitrogens with one attached hydrogen (secondary N) is 1. The standard InChI is InChI=1S/C27H31N3O4S/c1-21-10-15-26(34-2)25(18-21)30(35(32,33)24-8-4-3-5-9-24)20-27(31)28-19-22-11-13-23(14-12-22)29-16-6-7-17-29/h3-5,8-15,18H,6-7,16-17,19-20H2,1-2H3,(H,28,31). The van der Waals surface area contributed by atoms with Crippen LogP contribution in [0.1, 0.15) is 24.0 Å². The molecular formula is C27H31N3O4S. The van der Waals surface area contributed by atoms with Crippen molar-refractivity contribution in [2.75, 3.05) is 35.9 Å². The molecule has 184 valence electrons. The number of hydrogen-bond donors (Lipinski definition) is 1. The zero-order valence-electron chi connectivity index (χ0n) is 20.1. The van der Waals surface area contributed by atoms with Gasteiger partial charge in [0, 0.05) is 25.3 Å². The van der Waals surface area contributed by atoms with Crippen molar-refractivity contribution in [3.8, 4) is 5.75 Å². The molecule has 0 radical (unpaired) electrons. The van der Waals surface area contributed by atoms with Crippen LogP contribution in [0.5, 0.6) is 5.75 Å². The third-order valence-electron chi connectivity index (χ3n) is 6.12. The molecule has 1 aliphatic rings. The molecule has 1 saturated heterocycles. The molecule has 0 saturated carbocycles. The van der Waals surface area contributed by atoms with E-state index in [1.54, 1.807) is 30.3 Å². The number of aryl methyl sites for hydroxylation is 1. The molecule has 1 heterocycles. The van der Waals surface area contributed by atoms with Crippen molar-refractivity contribution < 1.29 is 17.9 Å². The Labute approximate surface area is 207 Å². The van der Waals surface area contributed by atoms with Crippen LogP contribution in [-0.2, 0) is 21.4 Å². The fourth-order valence-electron chi connectivity index (χ4n) is 4.20. The number of methoxy groups -OCH3 is 1. The van der Waals surface area contributed by atoms with Gasteiger partial charge in [-0.15, -0.1) is 0 Å². The monoisotopic (exact) mass is 493 g/mol. The molecule has 0 spiro atoms. The van der Waals surface area contributed by atoms with Crippen LogP contribution >= 0.6 is 0 Å². The molecule has 7 nitrogen and oxygen atoms in total. The van der Waals surface area contributed by atoms with Crippen LogP contribution in [0.25, 0.3) is 0 Å². The second kappa shape index (κ2) is 10.8. The van der Waals surface area contributed by atoms with Crippen LogP contribution < -0.4 is 19.3 Å². The lowest BCUT2D eigenvalue weighted by atomic mass is 10.2. The van der Waals surface area contributed by atoms with E-state index in [0.717, 1.165) is 28.5 Å². The predicted molar refractivity (Wildman–Crippen MR) is 138 cm³/mol. The van der Waals surface area contributed by atoms with E-state index in [9.17, 15) is 13.2 Å². The van der Waals surface area contributed by atoms with Crippen molar-refractivity contribution in [3.05, 3.63) is 83.9 Å². The van der Waals surface area contributed by atoms with Crippen molar-refractivity contribution >= 4 is 27.3 Å². The van der Waals surface area contributed by atoms with Crippen LogP contribution in [0, 0.1) is 6.92 Å². The Balaban J connectivity index is 1.53. The number of amides is 1. The van der Waals surface area contributed by atoms with Gasteiger partial charge >= 0.3 is 0 Å². The van der Waals surface area contributed by atoms with Gasteiger partial charge in [-0.2, -0.15) is 0 Å². The third kappa shape index (κ3) is 5.77. The van der Waals surface area contributed by atoms with Crippen molar-refractivity contribution in [1.82, 2.24) is 5.32 Å². The van der Waals surface area contributed by atoms with E-state index in [0.29, 0.717) is 18.0 Å². The summed E-state index contributed by atoms with van der Waals surface area (Å²) >= 11 is 0. The molecule has 0 bridgehead atoms. The minimum absolute atomic E-state index is 0.105. The lowest BCUT2D eigenvalue weighted by Gasteiger charge is -2.26. The summed E-state index contributed by atoms with van der Waals surface area (Å²) < 4.78 is 33.7. The summed E-state index contributed by atoms with van der Waals surface area (Å²) in [6, 6.07) is 21.5. The third-order valence-corrected chi connectivity index (χ3v) is 7.89. The molecule has 0 aliphatic carbocycles. The first-order chi connectivity index (χ1) is 16.9. The normalized spacial score (nSPS) is 13.5. The highest BCUT2D eigenvalue weighted by Gasteiger charge is 2.29. The molecule has 4 rings (SSSR count). The second-order valence-corrected chi connectivity index (χ2v) is 10.5. The van der Waals surface area contributed by atoms with Gasteiger partial charge in [-0.3, -0.25) is 9.10 Å². The number of benzene rings is 3. The van der Waals surface area contributed by atoms with Crippen LogP contribution in [0.3, 0.4) is 0 Å². The first-order valence-electron chi connectivity index (χ1n) is 11.7. The van der Waals surface area contributed by atoms with Crippen molar-refractivity contribution in [1.29, 1.82) is 0 Å². The summed E-state index contributed by atoms with van der Waals surface area (Å²) in [5.41, 5.74) is 3.31. The Bertz CT molecular complexity index is 1260. The molecule has 1 aliphatic heterocycles. The van der Waals surface area contributed by atoms with E-state index in [1.165, 1.54) is 37.8 Å². The van der Waals surface area contributed by atoms with Gasteiger partial charge in [-0.1, -0.05) is 36.4 Å². The first kappa shape index (κ1) is 24.6. The zero-order chi connectivity index (χ0) is 24.8. The van der Waals surface area contributed by atoms with Gasteiger partial charge in [0.05, 0.1) is 17.7 Å². The molecule has 3 aromatic rings. The molecule has 0 aromatic heterocycles. The molecule has 0 unspecified atom stereocenters. The van der Waals surface area contributed by atoms with Gasteiger partial charge in [0.25, 0.3) is 10.0 Å². The largest absolute Gasteiger partial charge is 0.495 e. The van der Waals surface area contributed by atoms with Gasteiger partial charge < -0.3 is 15.0 Å². The molecule has 35 heavy (non-hydrogen) atoms. The lowest BCUT2D eigenvalue weighted by Crippen LogP contribution is -2.41. The lowest BCUT2D eigenvalue weighted by molar-refractivity contribution is -0.119. The Morgan fingerprint density at radius 1 is 1.00 bits per heavy atom. The SMILES string of the molecule is COc1ccc(C)cc1N(CC(=O)NCc1ccc(N2CCCC2)cc1)S(=O)(=O)c1ccccc1. The van der Waals surface area contributed by atoms with E-state index in [4.69, 9.17) is 4.74 Å². The van der Waals surface area contributed by atoms with E-state index in [2.05, 4.69) is 22.3 Å². The molecule has 1 N–H and O–H groups in total. The van der Waals surface area contributed by atoms with Gasteiger partial charge in [-0.05, 0) is 67.3 Å². The Kier molecular flexibility index (Phi) is 7.60. The number of anilines is 2. The predicted octanol–water partition coefficient (Wildman–Crippen LogP) is 4.12. The topological polar surface area (TPSA) is 79.0 Å². The molecule has 8 heteroatoms. The van der Waals surface area contributed by atoms with Gasteiger partial charge in [-0.25, -0.2) is 8.42 Å². The highest BCUT2D eigenvalue weighted by molar-refractivity contribution is 7.92. The summed E-state index contributed by atoms with van der Waals surface area (Å²) in [5.74, 6) is -0.0305. The number of carbonyl (C=O) groups is 1. The number of sulfonamides is 1. The quantitative estimate of drug-likeness (QED) is 0.485. The van der Waals surface area contributed by atoms with Crippen molar-refractivity contribution in [3.63, 3.8) is 0 Å². The highest BCUT2D eigenvalue weighted by atomic mass is 32.2. The maximum atomic E-state index is 13.6. The van der Waals surface area contributed by atoms with Crippen LogP contribution in [0.15, 0.2) is 77.7 Å². The van der Waals surface area contributed by atoms with Crippen molar-refractivity contribution in [2.24, 2.45) is 0 Å². The summed E-state index contributed by atoms with van der Waals surface area (Å²) in [6.45, 7) is 3.95. The van der Waals surface area contributed by atoms with E-state index < -0.39 is 15.9 Å². The summed E-state index contributed by atoms with van der Waals surface area (Å²) in [4.78, 5) is 15.4. The average molecular weight is 494 g/mol. The summed E-state index contributed by atoms with van der Waals surface area (Å²) in [5, 5.41) is 2.86. The minimum Gasteiger partial charge on any atom is -0.495 e. The summed E-state index contributed by atoms with van der Waals surface area (Å²) in [6.07, 6.45) is 2.43. The molecular weight excluding hydrogens is 462 g/mol. The second-order valence-electron chi connectivity index (χ2n) is 8.64. The number of carbonyl (C=O) groups excluding carboxylic acids is 1. The van der Waals surface area contributed by atoms with Crippen LogP contribution in [0.4, 0.5) is 11.4 Å². The maximum Gasteiger partial charge on any atom is 0.264 e. The summed E-state index contributed by atoms with van der Waals surface area (Å²) in [7, 11) is -2.53. The first-order valence-corrected chi connectivity index (χ1v) is 13.2. The average Bonchev–Trinajstić information content (AvgIpc) is 3.42. The number of rotatable bonds is 9. The van der Waals surface area contributed by atoms with E-state index in [-0.39, 0.29) is 11.4 Å². The van der Waals surface area contributed by atoms with E-state index >= 15 is 0 Å². The Morgan fingerprint density at radius 2 is 1.69 bits per heavy atom. The fraction of sp³-hybridized carbons (Fsp3) is 0.296. The fourth-order valence-corrected chi connectivity index (χ4v) is 5.65. The van der Waals surface area contributed by atoms with Crippen LogP contribution in [-0.4, -0.2) is 41.1 Å². The Hall–Kier alpha value is -3.52. The number of nitrogens with zero attached hydrogens (tertiary/aromatic N) is 2. The highest BCUT2D eigenvalue weighted by Crippen LogP contribution is 2.33. The van der Waals surface area contributed by atoms with Gasteiger partial charge in [0.2, 0.25) is 5.91 Å². The number of ether oxygens (including phenoxy) is 1. The molecule has 1 amide bonds. The van der Waals surface area contributed by atoms with Gasteiger partial charge in [0.1, 0.15) is 12.3 Å². The molecule has 0 atom stereocenters. The van der Waals surface area contributed by atoms with Crippen LogP contribution in [0.2, 0.25) is 0 Å². The number of hydrogen-bond acceptors (Lipinski definition) is 5. The molecule has 1 fully saturated rings. The molecule has 3 aromatic carbocycles. The smallest absolute Gasteiger partial charge is 0.264 e. The van der Waals surface area contributed by atoms with Crippen molar-refractivity contribution in [2.45, 2.75) is 31.2 Å².